The molecule has 3 rings (SSSR count). The average Bonchev–Trinajstić information content (AvgIpc) is 2.90. The highest BCUT2D eigenvalue weighted by molar-refractivity contribution is 5.64. The van der Waals surface area contributed by atoms with Crippen LogP contribution in [0.1, 0.15) is 0 Å². The number of pyridine rings is 1. The number of nitrogens with two attached hydrogens (primary N) is 1. The van der Waals surface area contributed by atoms with Crippen LogP contribution in [0.25, 0.3) is 22.8 Å². The van der Waals surface area contributed by atoms with E-state index in [1.54, 1.807) is 12.4 Å². The third-order valence-electron chi connectivity index (χ3n) is 3.28. The average molecular weight is 280 g/mol. The van der Waals surface area contributed by atoms with Crippen LogP contribution in [0.2, 0.25) is 0 Å². The Bertz CT molecular complexity index is 731. The van der Waals surface area contributed by atoms with Crippen molar-refractivity contribution in [3.8, 4) is 22.8 Å². The summed E-state index contributed by atoms with van der Waals surface area (Å²) in [5, 5.41) is 8.36. The van der Waals surface area contributed by atoms with Gasteiger partial charge in [-0.05, 0) is 36.4 Å². The molecule has 2 aromatic heterocycles. The van der Waals surface area contributed by atoms with Crippen molar-refractivity contribution in [2.45, 2.75) is 0 Å². The van der Waals surface area contributed by atoms with E-state index in [4.69, 9.17) is 5.84 Å². The quantitative estimate of drug-likeness (QED) is 0.740. The number of nitrogens with zero attached hydrogens (tertiary/aromatic N) is 5. The van der Waals surface area contributed by atoms with E-state index in [-0.39, 0.29) is 0 Å². The summed E-state index contributed by atoms with van der Waals surface area (Å²) < 4.78 is 1.50. The van der Waals surface area contributed by atoms with Gasteiger partial charge in [-0.15, -0.1) is 10.2 Å². The summed E-state index contributed by atoms with van der Waals surface area (Å²) in [6, 6.07) is 11.7. The molecular weight excluding hydrogens is 264 g/mol. The Hall–Kier alpha value is -2.89. The summed E-state index contributed by atoms with van der Waals surface area (Å²) in [7, 11) is 4.00. The van der Waals surface area contributed by atoms with Gasteiger partial charge in [0.15, 0.2) is 11.6 Å². The number of benzene rings is 1. The maximum absolute atomic E-state index is 6.13. The van der Waals surface area contributed by atoms with Crippen LogP contribution >= 0.6 is 0 Å². The van der Waals surface area contributed by atoms with E-state index in [9.17, 15) is 0 Å². The molecule has 2 N–H and O–H groups in total. The lowest BCUT2D eigenvalue weighted by molar-refractivity contribution is 1.01. The Morgan fingerprint density at radius 2 is 1.38 bits per heavy atom. The third-order valence-corrected chi connectivity index (χ3v) is 3.28. The Labute approximate surface area is 122 Å². The van der Waals surface area contributed by atoms with Crippen molar-refractivity contribution in [1.82, 2.24) is 19.9 Å². The van der Waals surface area contributed by atoms with Crippen LogP contribution in [0.15, 0.2) is 48.8 Å². The van der Waals surface area contributed by atoms with Crippen molar-refractivity contribution in [2.24, 2.45) is 0 Å². The summed E-state index contributed by atoms with van der Waals surface area (Å²) in [5.41, 5.74) is 2.93. The Balaban J connectivity index is 1.99. The fraction of sp³-hybridized carbons (Fsp3) is 0.133. The molecule has 0 amide bonds. The largest absolute Gasteiger partial charge is 0.378 e. The molecule has 0 unspecified atom stereocenters. The number of hydrogen-bond donors (Lipinski definition) is 1. The number of rotatable bonds is 3. The standard InChI is InChI=1S/C15H16N6/c1-20(2)13-5-3-11(4-6-13)14-18-19-15(21(14)16)12-7-9-17-10-8-12/h3-10H,16H2,1-2H3. The summed E-state index contributed by atoms with van der Waals surface area (Å²) in [6.07, 6.45) is 3.41. The summed E-state index contributed by atoms with van der Waals surface area (Å²) in [4.78, 5) is 6.03. The topological polar surface area (TPSA) is 72.9 Å². The zero-order valence-electron chi connectivity index (χ0n) is 11.9. The van der Waals surface area contributed by atoms with Crippen molar-refractivity contribution in [1.29, 1.82) is 0 Å². The minimum absolute atomic E-state index is 0.615. The first kappa shape index (κ1) is 13.1. The molecule has 0 aliphatic carbocycles. The minimum Gasteiger partial charge on any atom is -0.378 e. The number of aromatic nitrogens is 4. The van der Waals surface area contributed by atoms with Gasteiger partial charge in [0, 0.05) is 43.3 Å². The second kappa shape index (κ2) is 5.24. The van der Waals surface area contributed by atoms with Crippen molar-refractivity contribution >= 4 is 5.69 Å². The zero-order valence-corrected chi connectivity index (χ0v) is 11.9. The fourth-order valence-electron chi connectivity index (χ4n) is 2.09. The Morgan fingerprint density at radius 1 is 0.857 bits per heavy atom. The van der Waals surface area contributed by atoms with E-state index in [0.29, 0.717) is 11.6 Å². The molecule has 3 aromatic rings. The van der Waals surface area contributed by atoms with Gasteiger partial charge in [-0.2, -0.15) is 0 Å². The maximum Gasteiger partial charge on any atom is 0.182 e. The number of hydrogen-bond acceptors (Lipinski definition) is 5. The Morgan fingerprint density at radius 3 is 1.90 bits per heavy atom. The van der Waals surface area contributed by atoms with E-state index in [0.717, 1.165) is 16.8 Å². The predicted octanol–water partition coefficient (Wildman–Crippen LogP) is 1.79. The summed E-state index contributed by atoms with van der Waals surface area (Å²) in [5.74, 6) is 7.37. The van der Waals surface area contributed by atoms with E-state index in [1.807, 2.05) is 55.4 Å². The van der Waals surface area contributed by atoms with Crippen LogP contribution in [-0.2, 0) is 0 Å². The van der Waals surface area contributed by atoms with Crippen molar-refractivity contribution in [2.75, 3.05) is 24.8 Å². The van der Waals surface area contributed by atoms with Gasteiger partial charge in [0.05, 0.1) is 0 Å². The molecule has 0 spiro atoms. The molecule has 0 saturated heterocycles. The van der Waals surface area contributed by atoms with Crippen molar-refractivity contribution < 1.29 is 0 Å². The second-order valence-electron chi connectivity index (χ2n) is 4.89. The van der Waals surface area contributed by atoms with Crippen LogP contribution in [0, 0.1) is 0 Å². The van der Waals surface area contributed by atoms with Crippen LogP contribution in [0.3, 0.4) is 0 Å². The molecule has 0 saturated carbocycles. The Kier molecular flexibility index (Phi) is 3.27. The first-order valence-electron chi connectivity index (χ1n) is 6.55. The lowest BCUT2D eigenvalue weighted by atomic mass is 10.2. The molecule has 6 nitrogen and oxygen atoms in total. The highest BCUT2D eigenvalue weighted by Crippen LogP contribution is 2.23. The zero-order chi connectivity index (χ0) is 14.8. The monoisotopic (exact) mass is 280 g/mol. The third kappa shape index (κ3) is 2.43. The normalized spacial score (nSPS) is 10.6. The minimum atomic E-state index is 0.615. The van der Waals surface area contributed by atoms with E-state index < -0.39 is 0 Å². The molecule has 21 heavy (non-hydrogen) atoms. The second-order valence-corrected chi connectivity index (χ2v) is 4.89. The van der Waals surface area contributed by atoms with Crippen LogP contribution < -0.4 is 10.7 Å². The smallest absolute Gasteiger partial charge is 0.182 e. The molecular formula is C15H16N6. The summed E-state index contributed by atoms with van der Waals surface area (Å²) >= 11 is 0. The predicted molar refractivity (Wildman–Crippen MR) is 83.2 cm³/mol. The van der Waals surface area contributed by atoms with Gasteiger partial charge >= 0.3 is 0 Å². The molecule has 0 radical (unpaired) electrons. The maximum atomic E-state index is 6.13. The van der Waals surface area contributed by atoms with Gasteiger partial charge in [0.25, 0.3) is 0 Å². The molecule has 0 bridgehead atoms. The van der Waals surface area contributed by atoms with Crippen molar-refractivity contribution in [3.05, 3.63) is 48.8 Å². The van der Waals surface area contributed by atoms with Gasteiger partial charge in [-0.3, -0.25) is 4.98 Å². The van der Waals surface area contributed by atoms with Gasteiger partial charge in [-0.25, -0.2) is 4.68 Å². The SMILES string of the molecule is CN(C)c1ccc(-c2nnc(-c3ccncc3)n2N)cc1. The number of anilines is 1. The highest BCUT2D eigenvalue weighted by atomic mass is 15.4. The molecule has 1 aromatic carbocycles. The van der Waals surface area contributed by atoms with Crippen LogP contribution in [0.4, 0.5) is 5.69 Å². The van der Waals surface area contributed by atoms with Crippen molar-refractivity contribution in [3.63, 3.8) is 0 Å². The van der Waals surface area contributed by atoms with Gasteiger partial charge in [0.2, 0.25) is 0 Å². The first-order valence-corrected chi connectivity index (χ1v) is 6.55. The van der Waals surface area contributed by atoms with Gasteiger partial charge < -0.3 is 10.7 Å². The molecule has 2 heterocycles. The molecule has 0 aliphatic heterocycles. The lowest BCUT2D eigenvalue weighted by Gasteiger charge is -2.12. The van der Waals surface area contributed by atoms with Gasteiger partial charge in [0.1, 0.15) is 0 Å². The molecule has 0 atom stereocenters. The molecule has 6 heteroatoms. The van der Waals surface area contributed by atoms with E-state index in [1.165, 1.54) is 4.68 Å². The van der Waals surface area contributed by atoms with E-state index in [2.05, 4.69) is 15.2 Å². The number of nitrogen functional groups attached to an aromatic ring is 1. The fourth-order valence-corrected chi connectivity index (χ4v) is 2.09. The highest BCUT2D eigenvalue weighted by Gasteiger charge is 2.13. The summed E-state index contributed by atoms with van der Waals surface area (Å²) in [6.45, 7) is 0. The molecule has 106 valence electrons. The van der Waals surface area contributed by atoms with Gasteiger partial charge in [-0.1, -0.05) is 0 Å². The van der Waals surface area contributed by atoms with E-state index >= 15 is 0 Å². The van der Waals surface area contributed by atoms with Crippen LogP contribution in [0.5, 0.6) is 0 Å². The first-order chi connectivity index (χ1) is 10.2. The lowest BCUT2D eigenvalue weighted by Crippen LogP contribution is -2.12. The van der Waals surface area contributed by atoms with Crippen LogP contribution in [-0.4, -0.2) is 34.0 Å². The molecule has 0 aliphatic rings. The molecule has 0 fully saturated rings.